The van der Waals surface area contributed by atoms with E-state index >= 15 is 0 Å². The van der Waals surface area contributed by atoms with Crippen LogP contribution in [0.3, 0.4) is 0 Å². The van der Waals surface area contributed by atoms with Crippen molar-refractivity contribution in [2.45, 2.75) is 12.5 Å². The van der Waals surface area contributed by atoms with Crippen molar-refractivity contribution in [1.82, 2.24) is 10.9 Å². The molecule has 124 valence electrons. The molecule has 0 saturated carbocycles. The number of amides is 2. The van der Waals surface area contributed by atoms with Gasteiger partial charge >= 0.3 is 0 Å². The van der Waals surface area contributed by atoms with Crippen LogP contribution in [0.4, 0.5) is 0 Å². The molecule has 6 nitrogen and oxygen atoms in total. The molecular weight excluding hydrogens is 332 g/mol. The van der Waals surface area contributed by atoms with Crippen molar-refractivity contribution in [2.24, 2.45) is 0 Å². The molecule has 24 heavy (non-hydrogen) atoms. The third kappa shape index (κ3) is 3.78. The lowest BCUT2D eigenvalue weighted by Crippen LogP contribution is -2.51. The Labute approximate surface area is 143 Å². The van der Waals surface area contributed by atoms with Crippen LogP contribution < -0.4 is 20.3 Å². The van der Waals surface area contributed by atoms with Crippen LogP contribution in [0.2, 0.25) is 5.02 Å². The normalized spacial score (nSPS) is 15.5. The van der Waals surface area contributed by atoms with Crippen LogP contribution in [0.15, 0.2) is 48.5 Å². The first-order valence-corrected chi connectivity index (χ1v) is 7.72. The van der Waals surface area contributed by atoms with Crippen molar-refractivity contribution in [3.05, 3.63) is 59.1 Å². The summed E-state index contributed by atoms with van der Waals surface area (Å²) in [6.45, 7) is 0.0726. The fourth-order valence-electron chi connectivity index (χ4n) is 2.22. The van der Waals surface area contributed by atoms with Crippen molar-refractivity contribution in [3.63, 3.8) is 0 Å². The third-order valence-electron chi connectivity index (χ3n) is 3.43. The zero-order chi connectivity index (χ0) is 16.9. The molecule has 1 heterocycles. The summed E-state index contributed by atoms with van der Waals surface area (Å²) >= 11 is 6.00. The summed E-state index contributed by atoms with van der Waals surface area (Å²) in [6, 6.07) is 14.1. The summed E-state index contributed by atoms with van der Waals surface area (Å²) in [5, 5.41) is 0.500. The summed E-state index contributed by atoms with van der Waals surface area (Å²) in [6.07, 6.45) is -0.773. The first-order chi connectivity index (χ1) is 11.6. The van der Waals surface area contributed by atoms with Crippen molar-refractivity contribution >= 4 is 23.4 Å². The first kappa shape index (κ1) is 16.1. The van der Waals surface area contributed by atoms with Crippen molar-refractivity contribution in [2.75, 3.05) is 6.61 Å². The molecule has 0 saturated heterocycles. The van der Waals surface area contributed by atoms with Crippen molar-refractivity contribution in [1.29, 1.82) is 0 Å². The fraction of sp³-hybridized carbons (Fsp3) is 0.176. The quantitative estimate of drug-likeness (QED) is 0.832. The molecule has 2 aromatic rings. The van der Waals surface area contributed by atoms with Gasteiger partial charge in [-0.15, -0.1) is 0 Å². The number of fused-ring (bicyclic) bond motifs is 1. The average Bonchev–Trinajstić information content (AvgIpc) is 2.61. The molecule has 2 aromatic carbocycles. The Bertz CT molecular complexity index is 766. The Morgan fingerprint density at radius 2 is 1.75 bits per heavy atom. The van der Waals surface area contributed by atoms with Crippen molar-refractivity contribution in [3.8, 4) is 11.5 Å². The summed E-state index contributed by atoms with van der Waals surface area (Å²) in [4.78, 5) is 24.0. The molecule has 0 bridgehead atoms. The predicted octanol–water partition coefficient (Wildman–Crippen LogP) is 1.87. The molecule has 1 aliphatic heterocycles. The van der Waals surface area contributed by atoms with E-state index in [2.05, 4.69) is 10.9 Å². The van der Waals surface area contributed by atoms with E-state index in [-0.39, 0.29) is 18.9 Å². The van der Waals surface area contributed by atoms with Crippen LogP contribution in [0.25, 0.3) is 0 Å². The van der Waals surface area contributed by atoms with Gasteiger partial charge in [-0.3, -0.25) is 20.4 Å². The minimum atomic E-state index is -0.833. The summed E-state index contributed by atoms with van der Waals surface area (Å²) < 4.78 is 11.0. The van der Waals surface area contributed by atoms with Gasteiger partial charge in [-0.05, 0) is 23.8 Å². The van der Waals surface area contributed by atoms with Gasteiger partial charge in [-0.25, -0.2) is 0 Å². The van der Waals surface area contributed by atoms with Crippen LogP contribution in [0, 0.1) is 0 Å². The number of hydrogen-bond donors (Lipinski definition) is 2. The zero-order valence-electron chi connectivity index (χ0n) is 12.6. The number of nitrogens with one attached hydrogen (secondary N) is 2. The maximum absolute atomic E-state index is 12.1. The number of carbonyl (C=O) groups is 2. The van der Waals surface area contributed by atoms with Gasteiger partial charge < -0.3 is 9.47 Å². The molecule has 0 aromatic heterocycles. The van der Waals surface area contributed by atoms with E-state index in [1.54, 1.807) is 42.5 Å². The summed E-state index contributed by atoms with van der Waals surface area (Å²) in [5.41, 5.74) is 5.36. The molecule has 0 spiro atoms. The van der Waals surface area contributed by atoms with E-state index in [9.17, 15) is 9.59 Å². The minimum Gasteiger partial charge on any atom is -0.485 e. The Morgan fingerprint density at radius 3 is 2.54 bits per heavy atom. The van der Waals surface area contributed by atoms with Gasteiger partial charge in [0.15, 0.2) is 11.5 Å². The minimum absolute atomic E-state index is 0.0603. The number of hydrogen-bond acceptors (Lipinski definition) is 4. The van der Waals surface area contributed by atoms with E-state index in [1.165, 1.54) is 0 Å². The van der Waals surface area contributed by atoms with E-state index in [0.717, 1.165) is 0 Å². The number of benzene rings is 2. The highest BCUT2D eigenvalue weighted by Crippen LogP contribution is 2.30. The lowest BCUT2D eigenvalue weighted by atomic mass is 10.1. The highest BCUT2D eigenvalue weighted by molar-refractivity contribution is 6.31. The SMILES string of the molecule is O=C(Cc1ccccc1Cl)NNC(=O)[C@@H]1COc2ccccc2O1. The highest BCUT2D eigenvalue weighted by Gasteiger charge is 2.27. The maximum atomic E-state index is 12.1. The van der Waals surface area contributed by atoms with Crippen LogP contribution in [-0.2, 0) is 16.0 Å². The molecule has 0 fully saturated rings. The highest BCUT2D eigenvalue weighted by atomic mass is 35.5. The second-order valence-corrected chi connectivity index (χ2v) is 5.58. The molecular formula is C17H15ClN2O4. The second kappa shape index (κ2) is 7.23. The summed E-state index contributed by atoms with van der Waals surface area (Å²) in [7, 11) is 0. The fourth-order valence-corrected chi connectivity index (χ4v) is 2.42. The Morgan fingerprint density at radius 1 is 1.04 bits per heavy atom. The third-order valence-corrected chi connectivity index (χ3v) is 3.80. The maximum Gasteiger partial charge on any atom is 0.283 e. The number of para-hydroxylation sites is 2. The lowest BCUT2D eigenvalue weighted by molar-refractivity contribution is -0.134. The molecule has 2 amide bonds. The first-order valence-electron chi connectivity index (χ1n) is 7.34. The number of carbonyl (C=O) groups excluding carboxylic acids is 2. The topological polar surface area (TPSA) is 76.7 Å². The van der Waals surface area contributed by atoms with E-state index in [1.807, 2.05) is 6.07 Å². The Balaban J connectivity index is 1.51. The van der Waals surface area contributed by atoms with Crippen molar-refractivity contribution < 1.29 is 19.1 Å². The van der Waals surface area contributed by atoms with Gasteiger partial charge in [-0.1, -0.05) is 41.9 Å². The molecule has 0 unspecified atom stereocenters. The standard InChI is InChI=1S/C17H15ClN2O4/c18-12-6-2-1-5-11(12)9-16(21)19-20-17(22)15-10-23-13-7-3-4-8-14(13)24-15/h1-8,15H,9-10H2,(H,19,21)(H,20,22)/t15-/m0/s1. The van der Waals surface area contributed by atoms with Gasteiger partial charge in [0.25, 0.3) is 5.91 Å². The predicted molar refractivity (Wildman–Crippen MR) is 87.8 cm³/mol. The zero-order valence-corrected chi connectivity index (χ0v) is 13.4. The molecule has 0 radical (unpaired) electrons. The van der Waals surface area contributed by atoms with Gasteiger partial charge in [-0.2, -0.15) is 0 Å². The van der Waals surface area contributed by atoms with Gasteiger partial charge in [0.2, 0.25) is 12.0 Å². The number of hydrazine groups is 1. The second-order valence-electron chi connectivity index (χ2n) is 5.17. The van der Waals surface area contributed by atoms with Gasteiger partial charge in [0, 0.05) is 5.02 Å². The van der Waals surface area contributed by atoms with Crippen LogP contribution in [-0.4, -0.2) is 24.5 Å². The number of rotatable bonds is 3. The molecule has 2 N–H and O–H groups in total. The molecule has 0 aliphatic carbocycles. The lowest BCUT2D eigenvalue weighted by Gasteiger charge is -2.25. The smallest absolute Gasteiger partial charge is 0.283 e. The Hall–Kier alpha value is -2.73. The Kier molecular flexibility index (Phi) is 4.86. The average molecular weight is 347 g/mol. The van der Waals surface area contributed by atoms with E-state index in [4.69, 9.17) is 21.1 Å². The van der Waals surface area contributed by atoms with Gasteiger partial charge in [0.05, 0.1) is 6.42 Å². The van der Waals surface area contributed by atoms with Crippen LogP contribution >= 0.6 is 11.6 Å². The van der Waals surface area contributed by atoms with Crippen LogP contribution in [0.1, 0.15) is 5.56 Å². The molecule has 1 atom stereocenters. The largest absolute Gasteiger partial charge is 0.485 e. The molecule has 7 heteroatoms. The van der Waals surface area contributed by atoms with Gasteiger partial charge in [0.1, 0.15) is 6.61 Å². The van der Waals surface area contributed by atoms with Crippen LogP contribution in [0.5, 0.6) is 11.5 Å². The molecule has 3 rings (SSSR count). The monoisotopic (exact) mass is 346 g/mol. The van der Waals surface area contributed by atoms with E-state index in [0.29, 0.717) is 22.1 Å². The molecule has 1 aliphatic rings. The number of ether oxygens (including phenoxy) is 2. The number of halogens is 1. The van der Waals surface area contributed by atoms with E-state index < -0.39 is 12.0 Å². The summed E-state index contributed by atoms with van der Waals surface area (Å²) in [5.74, 6) is 0.209.